The van der Waals surface area contributed by atoms with Crippen LogP contribution in [-0.2, 0) is 0 Å². The van der Waals surface area contributed by atoms with E-state index in [1.807, 2.05) is 32.1 Å². The van der Waals surface area contributed by atoms with Gasteiger partial charge in [0.2, 0.25) is 4.96 Å². The Hall–Kier alpha value is -1.47. The monoisotopic (exact) mass is 296 g/mol. The molecule has 7 heteroatoms. The number of carbonyl (C=O) groups is 1. The second-order valence-corrected chi connectivity index (χ2v) is 6.09. The zero-order chi connectivity index (χ0) is 14.9. The number of nitrogens with zero attached hydrogens (tertiary/aromatic N) is 3. The van der Waals surface area contributed by atoms with E-state index in [1.165, 1.54) is 11.3 Å². The van der Waals surface area contributed by atoms with Crippen LogP contribution in [0, 0.1) is 6.92 Å². The summed E-state index contributed by atoms with van der Waals surface area (Å²) in [6, 6.07) is -0.209. The van der Waals surface area contributed by atoms with E-state index in [-0.39, 0.29) is 24.5 Å². The first-order chi connectivity index (χ1) is 9.49. The molecule has 0 bridgehead atoms. The molecule has 1 unspecified atom stereocenters. The van der Waals surface area contributed by atoms with Gasteiger partial charge in [-0.1, -0.05) is 32.1 Å². The number of rotatable bonds is 5. The Morgan fingerprint density at radius 2 is 2.15 bits per heavy atom. The van der Waals surface area contributed by atoms with E-state index in [2.05, 4.69) is 15.5 Å². The van der Waals surface area contributed by atoms with E-state index < -0.39 is 0 Å². The number of aryl methyl sites for hydroxylation is 1. The third kappa shape index (κ3) is 2.55. The van der Waals surface area contributed by atoms with Gasteiger partial charge in [-0.05, 0) is 13.3 Å². The summed E-state index contributed by atoms with van der Waals surface area (Å²) in [4.78, 5) is 13.6. The normalized spacial score (nSPS) is 13.1. The summed E-state index contributed by atoms with van der Waals surface area (Å²) in [6.45, 7) is 7.87. The van der Waals surface area contributed by atoms with Gasteiger partial charge < -0.3 is 10.4 Å². The van der Waals surface area contributed by atoms with E-state index in [0.717, 1.165) is 16.5 Å². The first kappa shape index (κ1) is 14.9. The molecule has 0 fully saturated rings. The Morgan fingerprint density at radius 3 is 2.70 bits per heavy atom. The summed E-state index contributed by atoms with van der Waals surface area (Å²) >= 11 is 1.33. The lowest BCUT2D eigenvalue weighted by atomic mass is 10.2. The van der Waals surface area contributed by atoms with Crippen LogP contribution in [0.2, 0.25) is 0 Å². The molecular formula is C13H20N4O2S. The van der Waals surface area contributed by atoms with Crippen LogP contribution in [-0.4, -0.2) is 38.3 Å². The van der Waals surface area contributed by atoms with Gasteiger partial charge in [-0.2, -0.15) is 0 Å². The minimum absolute atomic E-state index is 0.0530. The number of carbonyl (C=O) groups excluding carboxylic acids is 1. The molecule has 0 aliphatic carbocycles. The summed E-state index contributed by atoms with van der Waals surface area (Å²) in [5.41, 5.74) is 0.851. The Balaban J connectivity index is 2.36. The maximum absolute atomic E-state index is 12.3. The number of thiazole rings is 1. The van der Waals surface area contributed by atoms with Crippen molar-refractivity contribution in [1.82, 2.24) is 19.9 Å². The van der Waals surface area contributed by atoms with Crippen LogP contribution >= 0.6 is 11.3 Å². The predicted octanol–water partition coefficient (Wildman–Crippen LogP) is 1.72. The van der Waals surface area contributed by atoms with Crippen LogP contribution in [0.25, 0.3) is 4.96 Å². The summed E-state index contributed by atoms with van der Waals surface area (Å²) in [5, 5.41) is 20.3. The number of hydrogen-bond acceptors (Lipinski definition) is 5. The van der Waals surface area contributed by atoms with Crippen molar-refractivity contribution in [1.29, 1.82) is 0 Å². The molecule has 0 saturated carbocycles. The summed E-state index contributed by atoms with van der Waals surface area (Å²) < 4.78 is 1.93. The molecule has 0 aliphatic rings. The van der Waals surface area contributed by atoms with Crippen molar-refractivity contribution >= 4 is 22.2 Å². The fourth-order valence-electron chi connectivity index (χ4n) is 2.04. The molecule has 20 heavy (non-hydrogen) atoms. The molecule has 0 aliphatic heterocycles. The summed E-state index contributed by atoms with van der Waals surface area (Å²) in [6.07, 6.45) is 0.697. The van der Waals surface area contributed by atoms with Crippen molar-refractivity contribution in [3.8, 4) is 0 Å². The Labute approximate surface area is 121 Å². The first-order valence-corrected chi connectivity index (χ1v) is 7.57. The second-order valence-electron chi connectivity index (χ2n) is 5.11. The van der Waals surface area contributed by atoms with E-state index in [1.54, 1.807) is 0 Å². The van der Waals surface area contributed by atoms with Crippen LogP contribution in [0.1, 0.15) is 54.3 Å². The van der Waals surface area contributed by atoms with Crippen LogP contribution < -0.4 is 5.32 Å². The quantitative estimate of drug-likeness (QED) is 0.880. The topological polar surface area (TPSA) is 79.5 Å². The number of aromatic nitrogens is 3. The van der Waals surface area contributed by atoms with Gasteiger partial charge in [-0.15, -0.1) is 10.2 Å². The molecule has 0 spiro atoms. The van der Waals surface area contributed by atoms with Crippen molar-refractivity contribution in [3.63, 3.8) is 0 Å². The number of amides is 1. The van der Waals surface area contributed by atoms with E-state index in [4.69, 9.17) is 5.11 Å². The zero-order valence-corrected chi connectivity index (χ0v) is 13.0. The van der Waals surface area contributed by atoms with E-state index in [9.17, 15) is 4.79 Å². The molecule has 0 saturated heterocycles. The smallest absolute Gasteiger partial charge is 0.263 e. The van der Waals surface area contributed by atoms with E-state index in [0.29, 0.717) is 11.3 Å². The molecule has 2 rings (SSSR count). The summed E-state index contributed by atoms with van der Waals surface area (Å²) in [7, 11) is 0. The SMILES string of the molecule is CCC(CO)NC(=O)c1sc2nnc(C(C)C)n2c1C. The highest BCUT2D eigenvalue weighted by Gasteiger charge is 2.22. The molecule has 1 amide bonds. The lowest BCUT2D eigenvalue weighted by Crippen LogP contribution is -2.36. The zero-order valence-electron chi connectivity index (χ0n) is 12.2. The van der Waals surface area contributed by atoms with Gasteiger partial charge in [0, 0.05) is 11.6 Å². The molecule has 0 aromatic carbocycles. The van der Waals surface area contributed by atoms with Gasteiger partial charge in [0.15, 0.2) is 0 Å². The Bertz CT molecular complexity index is 613. The number of aliphatic hydroxyl groups excluding tert-OH is 1. The van der Waals surface area contributed by atoms with Crippen molar-refractivity contribution in [2.24, 2.45) is 0 Å². The third-order valence-electron chi connectivity index (χ3n) is 3.29. The summed E-state index contributed by atoms with van der Waals surface area (Å²) in [5.74, 6) is 0.950. The van der Waals surface area contributed by atoms with Crippen molar-refractivity contribution in [2.75, 3.05) is 6.61 Å². The van der Waals surface area contributed by atoms with Crippen LogP contribution in [0.15, 0.2) is 0 Å². The lowest BCUT2D eigenvalue weighted by Gasteiger charge is -2.13. The molecule has 2 N–H and O–H groups in total. The Kier molecular flexibility index (Phi) is 4.39. The lowest BCUT2D eigenvalue weighted by molar-refractivity contribution is 0.0918. The van der Waals surface area contributed by atoms with Crippen LogP contribution in [0.5, 0.6) is 0 Å². The first-order valence-electron chi connectivity index (χ1n) is 6.75. The predicted molar refractivity (Wildman–Crippen MR) is 78.3 cm³/mol. The minimum atomic E-state index is -0.209. The highest BCUT2D eigenvalue weighted by molar-refractivity contribution is 7.19. The molecule has 2 heterocycles. The van der Waals surface area contributed by atoms with Gasteiger partial charge in [-0.25, -0.2) is 0 Å². The largest absolute Gasteiger partial charge is 0.394 e. The van der Waals surface area contributed by atoms with Crippen LogP contribution in [0.3, 0.4) is 0 Å². The molecule has 110 valence electrons. The van der Waals surface area contributed by atoms with Crippen LogP contribution in [0.4, 0.5) is 0 Å². The van der Waals surface area contributed by atoms with Crippen molar-refractivity contribution < 1.29 is 9.90 Å². The number of aliphatic hydroxyl groups is 1. The van der Waals surface area contributed by atoms with Gasteiger partial charge in [0.1, 0.15) is 10.7 Å². The highest BCUT2D eigenvalue weighted by Crippen LogP contribution is 2.25. The highest BCUT2D eigenvalue weighted by atomic mass is 32.1. The minimum Gasteiger partial charge on any atom is -0.394 e. The fraction of sp³-hybridized carbons (Fsp3) is 0.615. The molecular weight excluding hydrogens is 276 g/mol. The fourth-order valence-corrected chi connectivity index (χ4v) is 3.02. The maximum atomic E-state index is 12.3. The molecule has 0 radical (unpaired) electrons. The third-order valence-corrected chi connectivity index (χ3v) is 4.42. The number of hydrogen-bond donors (Lipinski definition) is 2. The molecule has 1 atom stereocenters. The van der Waals surface area contributed by atoms with Gasteiger partial charge in [0.25, 0.3) is 5.91 Å². The van der Waals surface area contributed by atoms with Gasteiger partial charge in [-0.3, -0.25) is 9.20 Å². The van der Waals surface area contributed by atoms with Crippen molar-refractivity contribution in [2.45, 2.75) is 46.1 Å². The average molecular weight is 296 g/mol. The Morgan fingerprint density at radius 1 is 1.45 bits per heavy atom. The second kappa shape index (κ2) is 5.88. The van der Waals surface area contributed by atoms with Crippen molar-refractivity contribution in [3.05, 3.63) is 16.4 Å². The van der Waals surface area contributed by atoms with Gasteiger partial charge >= 0.3 is 0 Å². The molecule has 2 aromatic heterocycles. The molecule has 2 aromatic rings. The van der Waals surface area contributed by atoms with Gasteiger partial charge in [0.05, 0.1) is 12.6 Å². The average Bonchev–Trinajstić information content (AvgIpc) is 2.96. The number of nitrogens with one attached hydrogen (secondary N) is 1. The maximum Gasteiger partial charge on any atom is 0.263 e. The molecule has 6 nitrogen and oxygen atoms in total. The van der Waals surface area contributed by atoms with E-state index >= 15 is 0 Å². The standard InChI is InChI=1S/C13H20N4O2S/c1-5-9(6-18)14-12(19)10-8(4)17-11(7(2)3)15-16-13(17)20-10/h7,9,18H,5-6H2,1-4H3,(H,14,19). The number of fused-ring (bicyclic) bond motifs is 1.